The Morgan fingerprint density at radius 2 is 2.05 bits per heavy atom. The number of sulfonamides is 2. The molecule has 1 aromatic rings. The molecule has 0 aromatic carbocycles. The summed E-state index contributed by atoms with van der Waals surface area (Å²) in [5.41, 5.74) is 0. The van der Waals surface area contributed by atoms with Gasteiger partial charge in [-0.2, -0.15) is 4.31 Å². The van der Waals surface area contributed by atoms with Crippen molar-refractivity contribution in [2.75, 3.05) is 12.3 Å². The van der Waals surface area contributed by atoms with Crippen LogP contribution < -0.4 is 5.14 Å². The van der Waals surface area contributed by atoms with E-state index in [1.807, 2.05) is 0 Å². The van der Waals surface area contributed by atoms with Gasteiger partial charge in [0.15, 0.2) is 0 Å². The number of primary sulfonamides is 1. The number of furan rings is 1. The van der Waals surface area contributed by atoms with Crippen molar-refractivity contribution in [3.63, 3.8) is 0 Å². The molecule has 1 atom stereocenters. The fraction of sp³-hybridized carbons (Fsp3) is 0.600. The van der Waals surface area contributed by atoms with Crippen LogP contribution in [0.4, 0.5) is 0 Å². The topological polar surface area (TPSA) is 111 Å². The van der Waals surface area contributed by atoms with Gasteiger partial charge in [-0.05, 0) is 25.0 Å². The molecule has 0 unspecified atom stereocenters. The lowest BCUT2D eigenvalue weighted by atomic mass is 10.1. The molecule has 2 heterocycles. The van der Waals surface area contributed by atoms with Gasteiger partial charge in [-0.3, -0.25) is 0 Å². The van der Waals surface area contributed by atoms with E-state index in [0.717, 1.165) is 6.42 Å². The zero-order chi connectivity index (χ0) is 14.1. The van der Waals surface area contributed by atoms with Crippen LogP contribution in [0.3, 0.4) is 0 Å². The molecule has 2 N–H and O–H groups in total. The molecule has 19 heavy (non-hydrogen) atoms. The molecule has 7 nitrogen and oxygen atoms in total. The number of hydrogen-bond donors (Lipinski definition) is 1. The van der Waals surface area contributed by atoms with E-state index in [1.54, 1.807) is 0 Å². The van der Waals surface area contributed by atoms with Gasteiger partial charge >= 0.3 is 0 Å². The first kappa shape index (κ1) is 14.5. The van der Waals surface area contributed by atoms with Crippen LogP contribution >= 0.6 is 0 Å². The van der Waals surface area contributed by atoms with Crippen LogP contribution in [0.15, 0.2) is 27.9 Å². The van der Waals surface area contributed by atoms with Crippen molar-refractivity contribution >= 4 is 20.0 Å². The normalized spacial score (nSPS) is 22.5. The van der Waals surface area contributed by atoms with E-state index < -0.39 is 26.1 Å². The quantitative estimate of drug-likeness (QED) is 0.848. The van der Waals surface area contributed by atoms with Crippen molar-refractivity contribution in [2.45, 2.75) is 30.4 Å². The fourth-order valence-electron chi connectivity index (χ4n) is 2.25. The van der Waals surface area contributed by atoms with E-state index in [2.05, 4.69) is 0 Å². The second-order valence-electron chi connectivity index (χ2n) is 4.53. The highest BCUT2D eigenvalue weighted by atomic mass is 32.2. The molecule has 1 aromatic heterocycles. The summed E-state index contributed by atoms with van der Waals surface area (Å²) in [6, 6.07) is 2.20. The van der Waals surface area contributed by atoms with Gasteiger partial charge in [0.05, 0.1) is 12.0 Å². The van der Waals surface area contributed by atoms with Crippen molar-refractivity contribution < 1.29 is 21.3 Å². The summed E-state index contributed by atoms with van der Waals surface area (Å²) in [7, 11) is -7.52. The Kier molecular flexibility index (Phi) is 4.00. The van der Waals surface area contributed by atoms with Gasteiger partial charge < -0.3 is 4.42 Å². The van der Waals surface area contributed by atoms with Gasteiger partial charge in [0, 0.05) is 12.6 Å². The number of nitrogens with zero attached hydrogens (tertiary/aromatic N) is 1. The molecule has 0 bridgehead atoms. The molecule has 0 amide bonds. The Balaban J connectivity index is 2.30. The average molecular weight is 308 g/mol. The van der Waals surface area contributed by atoms with Crippen LogP contribution in [0.1, 0.15) is 19.3 Å². The molecule has 1 saturated heterocycles. The third kappa shape index (κ3) is 3.35. The fourth-order valence-corrected chi connectivity index (χ4v) is 4.83. The maximum absolute atomic E-state index is 12.3. The molecule has 1 aliphatic heterocycles. The lowest BCUT2D eigenvalue weighted by Crippen LogP contribution is -2.47. The third-order valence-corrected chi connectivity index (χ3v) is 5.74. The summed E-state index contributed by atoms with van der Waals surface area (Å²) in [5, 5.41) is 4.85. The highest BCUT2D eigenvalue weighted by Crippen LogP contribution is 2.26. The number of nitrogens with two attached hydrogens (primary N) is 1. The van der Waals surface area contributed by atoms with Crippen molar-refractivity contribution in [2.24, 2.45) is 5.14 Å². The van der Waals surface area contributed by atoms with Gasteiger partial charge in [0.2, 0.25) is 15.1 Å². The van der Waals surface area contributed by atoms with Crippen molar-refractivity contribution in [1.82, 2.24) is 4.31 Å². The van der Waals surface area contributed by atoms with Crippen LogP contribution in [0.25, 0.3) is 0 Å². The number of hydrogen-bond acceptors (Lipinski definition) is 5. The molecule has 9 heteroatoms. The second kappa shape index (κ2) is 5.23. The summed E-state index contributed by atoms with van der Waals surface area (Å²) in [6.45, 7) is 0.281. The summed E-state index contributed by atoms with van der Waals surface area (Å²) >= 11 is 0. The molecule has 0 saturated carbocycles. The number of piperidine rings is 1. The molecule has 1 fully saturated rings. The Morgan fingerprint density at radius 3 is 2.63 bits per heavy atom. The molecule has 0 aliphatic carbocycles. The summed E-state index contributed by atoms with van der Waals surface area (Å²) in [5.74, 6) is -0.368. The largest absolute Gasteiger partial charge is 0.452 e. The maximum Gasteiger partial charge on any atom is 0.276 e. The molecule has 1 aliphatic rings. The van der Waals surface area contributed by atoms with E-state index in [4.69, 9.17) is 9.56 Å². The number of rotatable bonds is 4. The first-order valence-corrected chi connectivity index (χ1v) is 9.02. The Bertz CT molecular complexity index is 621. The maximum atomic E-state index is 12.3. The molecular weight excluding hydrogens is 292 g/mol. The predicted octanol–water partition coefficient (Wildman–Crippen LogP) is 0.111. The van der Waals surface area contributed by atoms with Crippen molar-refractivity contribution in [3.05, 3.63) is 18.4 Å². The minimum Gasteiger partial charge on any atom is -0.452 e. The van der Waals surface area contributed by atoms with Crippen molar-refractivity contribution in [3.8, 4) is 0 Å². The minimum atomic E-state index is -3.79. The lowest BCUT2D eigenvalue weighted by Gasteiger charge is -2.33. The molecule has 2 rings (SSSR count). The lowest BCUT2D eigenvalue weighted by molar-refractivity contribution is 0.263. The van der Waals surface area contributed by atoms with E-state index in [1.165, 1.54) is 22.7 Å². The zero-order valence-corrected chi connectivity index (χ0v) is 11.9. The smallest absolute Gasteiger partial charge is 0.276 e. The summed E-state index contributed by atoms with van der Waals surface area (Å²) in [4.78, 5) is 0. The Labute approximate surface area is 112 Å². The van der Waals surface area contributed by atoms with Crippen LogP contribution in [-0.2, 0) is 20.0 Å². The van der Waals surface area contributed by atoms with Crippen LogP contribution in [-0.4, -0.2) is 39.5 Å². The molecular formula is C10H16N2O5S2. The molecule has 108 valence electrons. The van der Waals surface area contributed by atoms with E-state index >= 15 is 0 Å². The first-order chi connectivity index (χ1) is 8.81. The molecule has 0 radical (unpaired) electrons. The summed E-state index contributed by atoms with van der Waals surface area (Å²) in [6.07, 6.45) is 3.23. The highest BCUT2D eigenvalue weighted by Gasteiger charge is 2.36. The molecule has 0 spiro atoms. The first-order valence-electron chi connectivity index (χ1n) is 5.86. The van der Waals surface area contributed by atoms with Gasteiger partial charge in [0.1, 0.15) is 0 Å². The van der Waals surface area contributed by atoms with Gasteiger partial charge in [0.25, 0.3) is 10.0 Å². The minimum absolute atomic E-state index is 0.172. The van der Waals surface area contributed by atoms with Gasteiger partial charge in [-0.1, -0.05) is 6.42 Å². The van der Waals surface area contributed by atoms with E-state index in [-0.39, 0.29) is 17.4 Å². The second-order valence-corrected chi connectivity index (χ2v) is 8.01. The zero-order valence-electron chi connectivity index (χ0n) is 10.2. The summed E-state index contributed by atoms with van der Waals surface area (Å²) < 4.78 is 53.2. The van der Waals surface area contributed by atoms with Crippen molar-refractivity contribution in [1.29, 1.82) is 0 Å². The van der Waals surface area contributed by atoms with Gasteiger partial charge in [-0.15, -0.1) is 0 Å². The van der Waals surface area contributed by atoms with Crippen LogP contribution in [0.2, 0.25) is 0 Å². The SMILES string of the molecule is NS(=O)(=O)C[C@H]1CCCCN1S(=O)(=O)c1ccco1. The van der Waals surface area contributed by atoms with Crippen LogP contribution in [0.5, 0.6) is 0 Å². The van der Waals surface area contributed by atoms with E-state index in [0.29, 0.717) is 12.8 Å². The van der Waals surface area contributed by atoms with Gasteiger partial charge in [-0.25, -0.2) is 22.0 Å². The Hall–Kier alpha value is -0.900. The third-order valence-electron chi connectivity index (χ3n) is 3.06. The Morgan fingerprint density at radius 1 is 1.32 bits per heavy atom. The standard InChI is InChI=1S/C10H16N2O5S2/c11-18(13,14)8-9-4-1-2-6-12(9)19(15,16)10-5-3-7-17-10/h3,5,7,9H,1-2,4,6,8H2,(H2,11,13,14)/t9-/m1/s1. The van der Waals surface area contributed by atoms with E-state index in [9.17, 15) is 16.8 Å². The average Bonchev–Trinajstić information content (AvgIpc) is 2.81. The van der Waals surface area contributed by atoms with Crippen LogP contribution in [0, 0.1) is 0 Å². The monoisotopic (exact) mass is 308 g/mol. The predicted molar refractivity (Wildman–Crippen MR) is 68.2 cm³/mol. The highest BCUT2D eigenvalue weighted by molar-refractivity contribution is 7.90.